The second-order valence-corrected chi connectivity index (χ2v) is 5.71. The molecule has 0 unspecified atom stereocenters. The molecule has 1 aliphatic carbocycles. The molecule has 1 aliphatic rings. The highest BCUT2D eigenvalue weighted by Crippen LogP contribution is 2.24. The molecule has 1 nitrogen and oxygen atoms in total. The van der Waals surface area contributed by atoms with Crippen LogP contribution in [0.1, 0.15) is 19.3 Å². The van der Waals surface area contributed by atoms with E-state index in [0.717, 1.165) is 6.04 Å². The van der Waals surface area contributed by atoms with Crippen LogP contribution in [0.25, 0.3) is 0 Å². The quantitative estimate of drug-likeness (QED) is 0.576. The maximum atomic E-state index is 3.53. The SMILES string of the molecule is c1csc(SCCCNC2CC2)c1. The first-order valence-corrected chi connectivity index (χ1v) is 6.71. The van der Waals surface area contributed by atoms with Crippen LogP contribution in [-0.4, -0.2) is 18.3 Å². The molecule has 3 heteroatoms. The molecule has 0 bridgehead atoms. The van der Waals surface area contributed by atoms with Crippen LogP contribution in [0.2, 0.25) is 0 Å². The van der Waals surface area contributed by atoms with E-state index >= 15 is 0 Å². The Kier molecular flexibility index (Phi) is 3.70. The summed E-state index contributed by atoms with van der Waals surface area (Å²) in [6.45, 7) is 1.20. The summed E-state index contributed by atoms with van der Waals surface area (Å²) in [4.78, 5) is 0. The Bertz CT molecular complexity index is 229. The fourth-order valence-electron chi connectivity index (χ4n) is 1.18. The molecular formula is C10H15NS2. The summed E-state index contributed by atoms with van der Waals surface area (Å²) in [7, 11) is 0. The Balaban J connectivity index is 1.48. The smallest absolute Gasteiger partial charge is 0.0598 e. The van der Waals surface area contributed by atoms with E-state index in [1.807, 2.05) is 23.1 Å². The van der Waals surface area contributed by atoms with Crippen molar-refractivity contribution in [3.05, 3.63) is 17.5 Å². The van der Waals surface area contributed by atoms with Crippen LogP contribution in [0, 0.1) is 0 Å². The summed E-state index contributed by atoms with van der Waals surface area (Å²) >= 11 is 3.82. The minimum absolute atomic E-state index is 0.867. The molecule has 0 spiro atoms. The van der Waals surface area contributed by atoms with Crippen LogP contribution in [0.4, 0.5) is 0 Å². The summed E-state index contributed by atoms with van der Waals surface area (Å²) in [6.07, 6.45) is 4.09. The van der Waals surface area contributed by atoms with E-state index in [4.69, 9.17) is 0 Å². The van der Waals surface area contributed by atoms with E-state index in [9.17, 15) is 0 Å². The lowest BCUT2D eigenvalue weighted by Crippen LogP contribution is -2.17. The van der Waals surface area contributed by atoms with Crippen molar-refractivity contribution in [3.63, 3.8) is 0 Å². The molecule has 1 N–H and O–H groups in total. The van der Waals surface area contributed by atoms with Gasteiger partial charge in [0.1, 0.15) is 0 Å². The minimum Gasteiger partial charge on any atom is -0.314 e. The molecule has 0 atom stereocenters. The van der Waals surface area contributed by atoms with E-state index < -0.39 is 0 Å². The maximum Gasteiger partial charge on any atom is 0.0598 e. The predicted octanol–water partition coefficient (Wildman–Crippen LogP) is 2.98. The van der Waals surface area contributed by atoms with Gasteiger partial charge < -0.3 is 5.32 Å². The van der Waals surface area contributed by atoms with E-state index in [2.05, 4.69) is 22.8 Å². The molecule has 13 heavy (non-hydrogen) atoms. The van der Waals surface area contributed by atoms with Crippen molar-refractivity contribution in [2.45, 2.75) is 29.5 Å². The third kappa shape index (κ3) is 3.71. The first kappa shape index (κ1) is 9.56. The van der Waals surface area contributed by atoms with Gasteiger partial charge in [-0.05, 0) is 43.0 Å². The van der Waals surface area contributed by atoms with Gasteiger partial charge in [-0.1, -0.05) is 6.07 Å². The molecular weight excluding hydrogens is 198 g/mol. The molecule has 1 heterocycles. The predicted molar refractivity (Wildman–Crippen MR) is 60.7 cm³/mol. The van der Waals surface area contributed by atoms with Crippen LogP contribution in [0.5, 0.6) is 0 Å². The lowest BCUT2D eigenvalue weighted by molar-refractivity contribution is 0.674. The van der Waals surface area contributed by atoms with E-state index in [0.29, 0.717) is 0 Å². The Morgan fingerprint density at radius 3 is 3.15 bits per heavy atom. The van der Waals surface area contributed by atoms with Crippen molar-refractivity contribution >= 4 is 23.1 Å². The van der Waals surface area contributed by atoms with Gasteiger partial charge in [0.05, 0.1) is 4.21 Å². The highest BCUT2D eigenvalue weighted by Gasteiger charge is 2.19. The number of thioether (sulfide) groups is 1. The minimum atomic E-state index is 0.867. The first-order chi connectivity index (χ1) is 6.45. The van der Waals surface area contributed by atoms with E-state index in [1.165, 1.54) is 35.8 Å². The largest absolute Gasteiger partial charge is 0.314 e. The van der Waals surface area contributed by atoms with Crippen molar-refractivity contribution in [2.75, 3.05) is 12.3 Å². The Hall–Kier alpha value is 0.01000. The van der Waals surface area contributed by atoms with Gasteiger partial charge in [-0.15, -0.1) is 23.1 Å². The van der Waals surface area contributed by atoms with Gasteiger partial charge in [-0.2, -0.15) is 0 Å². The summed E-state index contributed by atoms with van der Waals surface area (Å²) in [6, 6.07) is 5.19. The molecule has 2 rings (SSSR count). The molecule has 72 valence electrons. The zero-order valence-corrected chi connectivity index (χ0v) is 9.29. The molecule has 0 aromatic carbocycles. The fourth-order valence-corrected chi connectivity index (χ4v) is 2.99. The molecule has 0 radical (unpaired) electrons. The average molecular weight is 213 g/mol. The van der Waals surface area contributed by atoms with Crippen LogP contribution < -0.4 is 5.32 Å². The molecule has 1 fully saturated rings. The Labute approximate surface area is 87.9 Å². The summed E-state index contributed by atoms with van der Waals surface area (Å²) in [5, 5.41) is 5.67. The van der Waals surface area contributed by atoms with Crippen molar-refractivity contribution in [1.29, 1.82) is 0 Å². The molecule has 1 saturated carbocycles. The lowest BCUT2D eigenvalue weighted by Gasteiger charge is -2.00. The van der Waals surface area contributed by atoms with E-state index in [-0.39, 0.29) is 0 Å². The van der Waals surface area contributed by atoms with Gasteiger partial charge in [-0.3, -0.25) is 0 Å². The monoisotopic (exact) mass is 213 g/mol. The van der Waals surface area contributed by atoms with Crippen molar-refractivity contribution in [1.82, 2.24) is 5.32 Å². The lowest BCUT2D eigenvalue weighted by atomic mass is 10.5. The number of nitrogens with one attached hydrogen (secondary N) is 1. The Morgan fingerprint density at radius 1 is 1.54 bits per heavy atom. The fraction of sp³-hybridized carbons (Fsp3) is 0.600. The molecule has 0 aliphatic heterocycles. The van der Waals surface area contributed by atoms with Gasteiger partial charge in [0.25, 0.3) is 0 Å². The third-order valence-electron chi connectivity index (χ3n) is 2.07. The second-order valence-electron chi connectivity index (χ2n) is 3.36. The summed E-state index contributed by atoms with van der Waals surface area (Å²) in [5.41, 5.74) is 0. The summed E-state index contributed by atoms with van der Waals surface area (Å²) in [5.74, 6) is 1.25. The van der Waals surface area contributed by atoms with Crippen LogP contribution in [-0.2, 0) is 0 Å². The van der Waals surface area contributed by atoms with Crippen molar-refractivity contribution in [3.8, 4) is 0 Å². The zero-order chi connectivity index (χ0) is 8.93. The van der Waals surface area contributed by atoms with Gasteiger partial charge in [0, 0.05) is 6.04 Å². The van der Waals surface area contributed by atoms with Gasteiger partial charge in [-0.25, -0.2) is 0 Å². The molecule has 1 aromatic heterocycles. The molecule has 0 saturated heterocycles. The molecule has 1 aromatic rings. The van der Waals surface area contributed by atoms with Crippen molar-refractivity contribution in [2.24, 2.45) is 0 Å². The van der Waals surface area contributed by atoms with Gasteiger partial charge in [0.2, 0.25) is 0 Å². The first-order valence-electron chi connectivity index (χ1n) is 4.85. The number of hydrogen-bond acceptors (Lipinski definition) is 3. The highest BCUT2D eigenvalue weighted by atomic mass is 32.2. The zero-order valence-electron chi connectivity index (χ0n) is 7.66. The van der Waals surface area contributed by atoms with Gasteiger partial charge >= 0.3 is 0 Å². The Morgan fingerprint density at radius 2 is 2.46 bits per heavy atom. The summed E-state index contributed by atoms with van der Waals surface area (Å²) < 4.78 is 1.45. The topological polar surface area (TPSA) is 12.0 Å². The average Bonchev–Trinajstić information content (AvgIpc) is 2.81. The molecule has 0 amide bonds. The van der Waals surface area contributed by atoms with Crippen LogP contribution >= 0.6 is 23.1 Å². The van der Waals surface area contributed by atoms with E-state index in [1.54, 1.807) is 0 Å². The second kappa shape index (κ2) is 5.03. The number of thiophene rings is 1. The highest BCUT2D eigenvalue weighted by molar-refractivity contribution is 8.01. The standard InChI is InChI=1S/C10H15NS2/c1-3-10(12-7-1)13-8-2-6-11-9-4-5-9/h1,3,7,9,11H,2,4-6,8H2. The maximum absolute atomic E-state index is 3.53. The normalized spacial score (nSPS) is 16.3. The third-order valence-corrected chi connectivity index (χ3v) is 4.29. The van der Waals surface area contributed by atoms with Crippen molar-refractivity contribution < 1.29 is 0 Å². The number of hydrogen-bond donors (Lipinski definition) is 1. The number of rotatable bonds is 6. The van der Waals surface area contributed by atoms with Crippen LogP contribution in [0.15, 0.2) is 21.7 Å². The van der Waals surface area contributed by atoms with Gasteiger partial charge in [0.15, 0.2) is 0 Å². The van der Waals surface area contributed by atoms with Crippen LogP contribution in [0.3, 0.4) is 0 Å².